The number of amides is 2. The minimum atomic E-state index is -4.54. The largest absolute Gasteiger partial charge is 0.416 e. The van der Waals surface area contributed by atoms with Crippen molar-refractivity contribution >= 4 is 46.3 Å². The van der Waals surface area contributed by atoms with Crippen molar-refractivity contribution in [1.29, 1.82) is 0 Å². The third kappa shape index (κ3) is 11.8. The van der Waals surface area contributed by atoms with E-state index in [2.05, 4.69) is 29.8 Å². The van der Waals surface area contributed by atoms with E-state index < -0.39 is 23.6 Å². The Bertz CT molecular complexity index is 1640. The molecular weight excluding hydrogens is 671 g/mol. The molecule has 5 rings (SSSR count). The molecule has 0 saturated heterocycles. The standard InChI is InChI=1S/2C11H12N4OS.C9H9F4N/c2*1-7(12)8-2-4-9(5-3-8)13-11(16)10-6-17-15-14-10;1-5(14)6-2-7(9(11,12)13)4-8(10)3-6/h2*2-7H,12H2,1H3,(H,13,16);2-5H,14H2,1H3/t2*7-;/m10./s1. The molecule has 0 saturated carbocycles. The van der Waals surface area contributed by atoms with Gasteiger partial charge in [-0.25, -0.2) is 4.39 Å². The zero-order valence-electron chi connectivity index (χ0n) is 25.9. The van der Waals surface area contributed by atoms with Crippen LogP contribution in [0.3, 0.4) is 0 Å². The number of anilines is 2. The highest BCUT2D eigenvalue weighted by molar-refractivity contribution is 7.03. The summed E-state index contributed by atoms with van der Waals surface area (Å²) in [5.41, 5.74) is 20.1. The van der Waals surface area contributed by atoms with Gasteiger partial charge in [-0.05, 0) is 103 Å². The zero-order valence-corrected chi connectivity index (χ0v) is 27.5. The van der Waals surface area contributed by atoms with Gasteiger partial charge in [0, 0.05) is 40.3 Å². The Kier molecular flexibility index (Phi) is 13.7. The molecule has 3 aromatic carbocycles. The Balaban J connectivity index is 0.000000197. The molecule has 0 fully saturated rings. The van der Waals surface area contributed by atoms with Crippen LogP contribution in [0.2, 0.25) is 0 Å². The van der Waals surface area contributed by atoms with E-state index in [1.807, 2.05) is 62.4 Å². The van der Waals surface area contributed by atoms with Crippen LogP contribution < -0.4 is 27.8 Å². The molecule has 0 aliphatic rings. The van der Waals surface area contributed by atoms with Gasteiger partial charge in [0.05, 0.1) is 5.56 Å². The van der Waals surface area contributed by atoms with Crippen LogP contribution >= 0.6 is 23.1 Å². The molecule has 2 aromatic heterocycles. The average molecular weight is 704 g/mol. The predicted molar refractivity (Wildman–Crippen MR) is 178 cm³/mol. The Hall–Kier alpha value is -4.68. The maximum atomic E-state index is 12.8. The second-order valence-corrected chi connectivity index (χ2v) is 11.6. The highest BCUT2D eigenvalue weighted by Gasteiger charge is 2.31. The van der Waals surface area contributed by atoms with E-state index in [0.29, 0.717) is 28.8 Å². The number of alkyl halides is 3. The lowest BCUT2D eigenvalue weighted by atomic mass is 10.1. The molecule has 0 spiro atoms. The molecule has 2 heterocycles. The molecule has 11 nitrogen and oxygen atoms in total. The first kappa shape index (κ1) is 37.8. The highest BCUT2D eigenvalue weighted by atomic mass is 32.1. The number of nitrogens with zero attached hydrogens (tertiary/aromatic N) is 4. The predicted octanol–water partition coefficient (Wildman–Crippen LogP) is 6.48. The monoisotopic (exact) mass is 703 g/mol. The van der Waals surface area contributed by atoms with Crippen molar-refractivity contribution in [3.8, 4) is 0 Å². The number of aromatic nitrogens is 4. The van der Waals surface area contributed by atoms with Crippen LogP contribution in [0, 0.1) is 5.82 Å². The fraction of sp³-hybridized carbons (Fsp3) is 0.226. The summed E-state index contributed by atoms with van der Waals surface area (Å²) in [5, 5.41) is 16.1. The first-order valence-corrected chi connectivity index (χ1v) is 15.8. The van der Waals surface area contributed by atoms with Gasteiger partial charge < -0.3 is 27.8 Å². The Labute approximate surface area is 281 Å². The number of hydrogen-bond acceptors (Lipinski definition) is 11. The van der Waals surface area contributed by atoms with Gasteiger partial charge in [0.2, 0.25) is 0 Å². The molecule has 48 heavy (non-hydrogen) atoms. The number of benzene rings is 3. The molecule has 5 aromatic rings. The Morgan fingerprint density at radius 1 is 0.667 bits per heavy atom. The fourth-order valence-corrected chi connectivity index (χ4v) is 4.57. The van der Waals surface area contributed by atoms with E-state index in [1.165, 1.54) is 6.92 Å². The lowest BCUT2D eigenvalue weighted by Crippen LogP contribution is -2.12. The molecule has 3 atom stereocenters. The van der Waals surface area contributed by atoms with E-state index >= 15 is 0 Å². The minimum absolute atomic E-state index is 0.0116. The van der Waals surface area contributed by atoms with Gasteiger partial charge in [0.1, 0.15) is 5.82 Å². The summed E-state index contributed by atoms with van der Waals surface area (Å²) in [4.78, 5) is 23.3. The third-order valence-corrected chi connectivity index (χ3v) is 7.36. The maximum Gasteiger partial charge on any atom is 0.416 e. The molecule has 8 N–H and O–H groups in total. The normalized spacial score (nSPS) is 12.7. The van der Waals surface area contributed by atoms with Crippen molar-refractivity contribution in [3.05, 3.63) is 117 Å². The van der Waals surface area contributed by atoms with E-state index in [1.54, 1.807) is 10.8 Å². The van der Waals surface area contributed by atoms with Gasteiger partial charge in [-0.15, -0.1) is 10.2 Å². The van der Waals surface area contributed by atoms with Crippen molar-refractivity contribution < 1.29 is 27.2 Å². The SMILES string of the molecule is CC(N)c1cc(F)cc(C(F)(F)F)c1.C[C@@H](N)c1ccc(NC(=O)c2csnn2)cc1.C[C@H](N)c1ccc(NC(=O)c2csnn2)cc1. The van der Waals surface area contributed by atoms with Crippen molar-refractivity contribution in [2.45, 2.75) is 45.1 Å². The second kappa shape index (κ2) is 17.5. The van der Waals surface area contributed by atoms with Gasteiger partial charge in [-0.3, -0.25) is 9.59 Å². The first-order chi connectivity index (χ1) is 22.6. The van der Waals surface area contributed by atoms with E-state index in [4.69, 9.17) is 17.2 Å². The summed E-state index contributed by atoms with van der Waals surface area (Å²) in [6, 6.07) is 16.5. The van der Waals surface area contributed by atoms with Crippen LogP contribution in [0.1, 0.15) is 82.1 Å². The van der Waals surface area contributed by atoms with Crippen LogP contribution in [0.5, 0.6) is 0 Å². The number of halogens is 4. The number of carbonyl (C=O) groups is 2. The average Bonchev–Trinajstić information content (AvgIpc) is 3.77. The van der Waals surface area contributed by atoms with Crippen LogP contribution in [0.25, 0.3) is 0 Å². The summed E-state index contributed by atoms with van der Waals surface area (Å²) >= 11 is 2.29. The van der Waals surface area contributed by atoms with Crippen molar-refractivity contribution in [1.82, 2.24) is 19.2 Å². The number of carbonyl (C=O) groups excluding carboxylic acids is 2. The summed E-state index contributed by atoms with van der Waals surface area (Å²) < 4.78 is 56.6. The van der Waals surface area contributed by atoms with Gasteiger partial charge in [0.15, 0.2) is 11.4 Å². The molecule has 2 amide bonds. The number of rotatable bonds is 7. The first-order valence-electron chi connectivity index (χ1n) is 14.1. The number of nitrogens with one attached hydrogen (secondary N) is 2. The molecule has 0 aliphatic carbocycles. The van der Waals surface area contributed by atoms with Gasteiger partial charge in [-0.1, -0.05) is 33.2 Å². The Morgan fingerprint density at radius 2 is 1.06 bits per heavy atom. The summed E-state index contributed by atoms with van der Waals surface area (Å²) in [6.07, 6.45) is -4.54. The van der Waals surface area contributed by atoms with Gasteiger partial charge in [0.25, 0.3) is 11.8 Å². The molecule has 0 bridgehead atoms. The summed E-state index contributed by atoms with van der Waals surface area (Å²) in [5.74, 6) is -1.44. The van der Waals surface area contributed by atoms with Crippen molar-refractivity contribution in [2.75, 3.05) is 10.6 Å². The van der Waals surface area contributed by atoms with E-state index in [0.717, 1.165) is 46.3 Å². The fourth-order valence-electron chi connectivity index (χ4n) is 3.70. The summed E-state index contributed by atoms with van der Waals surface area (Å²) in [7, 11) is 0. The molecular formula is C31H33F4N9O2S2. The minimum Gasteiger partial charge on any atom is -0.324 e. The summed E-state index contributed by atoms with van der Waals surface area (Å²) in [6.45, 7) is 5.32. The van der Waals surface area contributed by atoms with Crippen LogP contribution in [0.15, 0.2) is 77.5 Å². The van der Waals surface area contributed by atoms with Gasteiger partial charge >= 0.3 is 6.18 Å². The smallest absolute Gasteiger partial charge is 0.324 e. The van der Waals surface area contributed by atoms with Crippen molar-refractivity contribution in [3.63, 3.8) is 0 Å². The van der Waals surface area contributed by atoms with Crippen LogP contribution in [-0.4, -0.2) is 31.0 Å². The maximum absolute atomic E-state index is 12.8. The number of hydrogen-bond donors (Lipinski definition) is 5. The number of nitrogens with two attached hydrogens (primary N) is 3. The van der Waals surface area contributed by atoms with Crippen molar-refractivity contribution in [2.24, 2.45) is 17.2 Å². The van der Waals surface area contributed by atoms with Gasteiger partial charge in [-0.2, -0.15) is 13.2 Å². The van der Waals surface area contributed by atoms with E-state index in [9.17, 15) is 27.2 Å². The molecule has 1 unspecified atom stereocenters. The third-order valence-electron chi connectivity index (χ3n) is 6.35. The van der Waals surface area contributed by atoms with Crippen LogP contribution in [-0.2, 0) is 6.18 Å². The lowest BCUT2D eigenvalue weighted by Gasteiger charge is -2.11. The second-order valence-electron chi connectivity index (χ2n) is 10.4. The lowest BCUT2D eigenvalue weighted by molar-refractivity contribution is -0.137. The zero-order chi connectivity index (χ0) is 35.4. The molecule has 17 heteroatoms. The molecule has 0 radical (unpaired) electrons. The Morgan fingerprint density at radius 3 is 1.38 bits per heavy atom. The van der Waals surface area contributed by atoms with E-state index in [-0.39, 0.29) is 29.5 Å². The molecule has 0 aliphatic heterocycles. The quantitative estimate of drug-likeness (QED) is 0.118. The van der Waals surface area contributed by atoms with Crippen LogP contribution in [0.4, 0.5) is 28.9 Å². The highest BCUT2D eigenvalue weighted by Crippen LogP contribution is 2.31. The molecule has 254 valence electrons. The topological polar surface area (TPSA) is 188 Å².